The Bertz CT molecular complexity index is 421. The first-order valence-electron chi connectivity index (χ1n) is 6.72. The molecule has 0 radical (unpaired) electrons. The molecule has 0 aliphatic heterocycles. The summed E-state index contributed by atoms with van der Waals surface area (Å²) in [4.78, 5) is 0.307. The third-order valence-corrected chi connectivity index (χ3v) is 6.72. The van der Waals surface area contributed by atoms with Crippen LogP contribution in [0.3, 0.4) is 0 Å². The quantitative estimate of drug-likeness (QED) is 0.756. The van der Waals surface area contributed by atoms with E-state index in [1.165, 1.54) is 0 Å². The topological polar surface area (TPSA) is 72.2 Å². The Morgan fingerprint density at radius 1 is 1.33 bits per heavy atom. The van der Waals surface area contributed by atoms with Gasteiger partial charge in [0.15, 0.2) is 0 Å². The summed E-state index contributed by atoms with van der Waals surface area (Å²) < 4.78 is 27.0. The van der Waals surface area contributed by atoms with Crippen molar-refractivity contribution in [3.63, 3.8) is 0 Å². The van der Waals surface area contributed by atoms with Crippen molar-refractivity contribution in [1.82, 2.24) is 4.72 Å². The minimum absolute atomic E-state index is 0.215. The van der Waals surface area contributed by atoms with Crippen LogP contribution in [0.5, 0.6) is 0 Å². The van der Waals surface area contributed by atoms with Crippen molar-refractivity contribution in [3.05, 3.63) is 0 Å². The van der Waals surface area contributed by atoms with Crippen LogP contribution < -0.4 is 10.5 Å². The van der Waals surface area contributed by atoms with Crippen molar-refractivity contribution >= 4 is 27.2 Å². The zero-order chi connectivity index (χ0) is 13.4. The van der Waals surface area contributed by atoms with Gasteiger partial charge in [0.1, 0.15) is 0 Å². The minimum atomic E-state index is -3.23. The summed E-state index contributed by atoms with van der Waals surface area (Å²) in [5, 5.41) is -0.215. The Kier molecular flexibility index (Phi) is 3.99. The van der Waals surface area contributed by atoms with Gasteiger partial charge in [-0.2, -0.15) is 0 Å². The zero-order valence-corrected chi connectivity index (χ0v) is 12.4. The number of nitrogens with two attached hydrogens (primary N) is 1. The molecule has 2 aliphatic rings. The standard InChI is InChI=1S/C12H22N2O2S2/c1-2-9-5-7-12(8-6-9,11(13)17)14-18(15,16)10-3-4-10/h9-10,14H,2-8H2,1H3,(H2,13,17). The van der Waals surface area contributed by atoms with Gasteiger partial charge in [-0.05, 0) is 44.4 Å². The van der Waals surface area contributed by atoms with Gasteiger partial charge >= 0.3 is 0 Å². The van der Waals surface area contributed by atoms with E-state index in [0.29, 0.717) is 10.9 Å². The molecule has 0 bridgehead atoms. The van der Waals surface area contributed by atoms with Gasteiger partial charge in [-0.25, -0.2) is 13.1 Å². The summed E-state index contributed by atoms with van der Waals surface area (Å²) in [6, 6.07) is 0. The molecule has 0 spiro atoms. The number of sulfonamides is 1. The molecule has 3 N–H and O–H groups in total. The molecule has 0 aromatic heterocycles. The van der Waals surface area contributed by atoms with E-state index in [1.54, 1.807) is 0 Å². The number of thiocarbonyl (C=S) groups is 1. The molecule has 0 aromatic carbocycles. The smallest absolute Gasteiger partial charge is 0.215 e. The lowest BCUT2D eigenvalue weighted by Crippen LogP contribution is -2.58. The molecular weight excluding hydrogens is 268 g/mol. The molecule has 0 saturated heterocycles. The maximum absolute atomic E-state index is 12.1. The van der Waals surface area contributed by atoms with Gasteiger partial charge < -0.3 is 5.73 Å². The molecule has 2 aliphatic carbocycles. The van der Waals surface area contributed by atoms with Crippen molar-refractivity contribution < 1.29 is 8.42 Å². The van der Waals surface area contributed by atoms with Crippen LogP contribution in [-0.4, -0.2) is 24.2 Å². The Morgan fingerprint density at radius 2 is 1.89 bits per heavy atom. The second-order valence-corrected chi connectivity index (χ2v) is 8.05. The second kappa shape index (κ2) is 5.06. The molecule has 18 heavy (non-hydrogen) atoms. The molecule has 2 saturated carbocycles. The molecule has 2 rings (SSSR count). The third kappa shape index (κ3) is 2.86. The molecular formula is C12H22N2O2S2. The van der Waals surface area contributed by atoms with Crippen molar-refractivity contribution in [2.24, 2.45) is 11.7 Å². The van der Waals surface area contributed by atoms with Gasteiger partial charge in [0, 0.05) is 0 Å². The molecule has 0 aromatic rings. The summed E-state index contributed by atoms with van der Waals surface area (Å²) in [5.74, 6) is 0.679. The lowest BCUT2D eigenvalue weighted by atomic mass is 9.76. The van der Waals surface area contributed by atoms with Gasteiger partial charge in [-0.15, -0.1) is 0 Å². The van der Waals surface area contributed by atoms with Crippen LogP contribution in [0.15, 0.2) is 0 Å². The Balaban J connectivity index is 2.11. The van der Waals surface area contributed by atoms with E-state index in [9.17, 15) is 8.42 Å². The maximum Gasteiger partial charge on any atom is 0.215 e. The van der Waals surface area contributed by atoms with Crippen molar-refractivity contribution in [3.8, 4) is 0 Å². The summed E-state index contributed by atoms with van der Waals surface area (Å²) >= 11 is 5.13. The first-order valence-corrected chi connectivity index (χ1v) is 8.68. The average Bonchev–Trinajstić information content (AvgIpc) is 3.13. The van der Waals surface area contributed by atoms with E-state index in [4.69, 9.17) is 18.0 Å². The van der Waals surface area contributed by atoms with E-state index in [2.05, 4.69) is 11.6 Å². The highest BCUT2D eigenvalue weighted by molar-refractivity contribution is 7.90. The van der Waals surface area contributed by atoms with Crippen LogP contribution in [0.25, 0.3) is 0 Å². The monoisotopic (exact) mass is 290 g/mol. The molecule has 104 valence electrons. The maximum atomic E-state index is 12.1. The molecule has 0 unspecified atom stereocenters. The van der Waals surface area contributed by atoms with Gasteiger partial charge in [0.2, 0.25) is 10.0 Å². The average molecular weight is 290 g/mol. The molecule has 2 fully saturated rings. The van der Waals surface area contributed by atoms with Crippen LogP contribution in [0, 0.1) is 5.92 Å². The highest BCUT2D eigenvalue weighted by atomic mass is 32.2. The molecule has 6 heteroatoms. The Morgan fingerprint density at radius 3 is 2.28 bits per heavy atom. The van der Waals surface area contributed by atoms with Gasteiger partial charge in [0.25, 0.3) is 0 Å². The normalized spacial score (nSPS) is 33.3. The van der Waals surface area contributed by atoms with E-state index in [-0.39, 0.29) is 5.25 Å². The molecule has 0 atom stereocenters. The van der Waals surface area contributed by atoms with Crippen molar-refractivity contribution in [2.75, 3.05) is 0 Å². The third-order valence-electron chi connectivity index (χ3n) is 4.31. The Labute approximate surface area is 115 Å². The van der Waals surface area contributed by atoms with Crippen LogP contribution >= 0.6 is 12.2 Å². The van der Waals surface area contributed by atoms with Crippen LogP contribution in [0.1, 0.15) is 51.9 Å². The minimum Gasteiger partial charge on any atom is -0.392 e. The highest BCUT2D eigenvalue weighted by Crippen LogP contribution is 2.36. The molecule has 4 nitrogen and oxygen atoms in total. The van der Waals surface area contributed by atoms with E-state index in [1.807, 2.05) is 0 Å². The van der Waals surface area contributed by atoms with Gasteiger partial charge in [0.05, 0.1) is 15.8 Å². The Hall–Kier alpha value is -0.200. The summed E-state index contributed by atoms with van der Waals surface area (Å²) in [5.41, 5.74) is 5.16. The fourth-order valence-electron chi connectivity index (χ4n) is 2.71. The van der Waals surface area contributed by atoms with E-state index in [0.717, 1.165) is 44.9 Å². The van der Waals surface area contributed by atoms with Crippen LogP contribution in [0.4, 0.5) is 0 Å². The predicted octanol–water partition coefficient (Wildman–Crippen LogP) is 1.69. The summed E-state index contributed by atoms with van der Waals surface area (Å²) in [6.45, 7) is 2.17. The number of hydrogen-bond acceptors (Lipinski definition) is 3. The predicted molar refractivity (Wildman–Crippen MR) is 76.8 cm³/mol. The number of nitrogens with one attached hydrogen (secondary N) is 1. The largest absolute Gasteiger partial charge is 0.392 e. The number of rotatable bonds is 5. The molecule has 0 heterocycles. The summed E-state index contributed by atoms with van der Waals surface area (Å²) in [7, 11) is -3.23. The van der Waals surface area contributed by atoms with Gasteiger partial charge in [-0.1, -0.05) is 25.6 Å². The fourth-order valence-corrected chi connectivity index (χ4v) is 4.81. The first-order chi connectivity index (χ1) is 8.39. The first kappa shape index (κ1) is 14.2. The zero-order valence-electron chi connectivity index (χ0n) is 10.8. The van der Waals surface area contributed by atoms with Crippen LogP contribution in [0.2, 0.25) is 0 Å². The summed E-state index contributed by atoms with van der Waals surface area (Å²) in [6.07, 6.45) is 6.16. The van der Waals surface area contributed by atoms with E-state index < -0.39 is 15.6 Å². The van der Waals surface area contributed by atoms with Crippen molar-refractivity contribution in [1.29, 1.82) is 0 Å². The lowest BCUT2D eigenvalue weighted by molar-refractivity contribution is 0.269. The fraction of sp³-hybridized carbons (Fsp3) is 0.917. The molecule has 0 amide bonds. The number of hydrogen-bond donors (Lipinski definition) is 2. The lowest BCUT2D eigenvalue weighted by Gasteiger charge is -2.39. The van der Waals surface area contributed by atoms with Gasteiger partial charge in [-0.3, -0.25) is 0 Å². The van der Waals surface area contributed by atoms with Crippen molar-refractivity contribution in [2.45, 2.75) is 62.7 Å². The highest BCUT2D eigenvalue weighted by Gasteiger charge is 2.45. The van der Waals surface area contributed by atoms with Crippen LogP contribution in [-0.2, 0) is 10.0 Å². The van der Waals surface area contributed by atoms with E-state index >= 15 is 0 Å². The SMILES string of the molecule is CCC1CCC(NS(=O)(=O)C2CC2)(C(N)=S)CC1. The second-order valence-electron chi connectivity index (χ2n) is 5.64.